The molecule has 162 valence electrons. The van der Waals surface area contributed by atoms with E-state index >= 15 is 0 Å². The molecule has 1 saturated heterocycles. The molecule has 0 spiro atoms. The van der Waals surface area contributed by atoms with Crippen molar-refractivity contribution in [2.75, 3.05) is 38.2 Å². The molecule has 0 bridgehead atoms. The molecule has 2 aromatic carbocycles. The van der Waals surface area contributed by atoms with Crippen molar-refractivity contribution < 1.29 is 22.7 Å². The Morgan fingerprint density at radius 3 is 2.30 bits per heavy atom. The molecular weight excluding hydrogens is 393 g/mol. The van der Waals surface area contributed by atoms with Crippen LogP contribution in [-0.4, -0.2) is 43.7 Å². The molecule has 3 rings (SSSR count). The highest BCUT2D eigenvalue weighted by Crippen LogP contribution is 2.30. The zero-order chi connectivity index (χ0) is 21.6. The summed E-state index contributed by atoms with van der Waals surface area (Å²) in [5.74, 6) is -0.344. The average molecular weight is 420 g/mol. The first-order chi connectivity index (χ1) is 14.3. The maximum Gasteiger partial charge on any atom is 0.416 e. The molecule has 0 aliphatic carbocycles. The third-order valence-corrected chi connectivity index (χ3v) is 5.36. The lowest BCUT2D eigenvalue weighted by molar-refractivity contribution is -0.137. The van der Waals surface area contributed by atoms with E-state index in [4.69, 9.17) is 4.74 Å². The van der Waals surface area contributed by atoms with E-state index in [0.717, 1.165) is 57.1 Å². The Hall–Kier alpha value is -2.38. The van der Waals surface area contributed by atoms with Gasteiger partial charge < -0.3 is 10.1 Å². The monoisotopic (exact) mass is 420 g/mol. The maximum atomic E-state index is 12.7. The van der Waals surface area contributed by atoms with Gasteiger partial charge in [-0.1, -0.05) is 31.2 Å². The van der Waals surface area contributed by atoms with Crippen LogP contribution in [0.4, 0.5) is 18.9 Å². The molecule has 0 saturated carbocycles. The van der Waals surface area contributed by atoms with Crippen LogP contribution in [-0.2, 0) is 22.1 Å². The van der Waals surface area contributed by atoms with Crippen molar-refractivity contribution in [2.24, 2.45) is 0 Å². The first kappa shape index (κ1) is 22.3. The summed E-state index contributed by atoms with van der Waals surface area (Å²) in [4.78, 5) is 14.7. The molecule has 30 heavy (non-hydrogen) atoms. The van der Waals surface area contributed by atoms with Crippen LogP contribution in [0.3, 0.4) is 0 Å². The number of halogens is 3. The number of nitrogens with zero attached hydrogens (tertiary/aromatic N) is 1. The minimum absolute atomic E-state index is 0.163. The normalized spacial score (nSPS) is 16.3. The molecule has 1 N–H and O–H groups in total. The lowest BCUT2D eigenvalue weighted by Gasteiger charge is -2.26. The Labute approximate surface area is 175 Å². The summed E-state index contributed by atoms with van der Waals surface area (Å²) in [7, 11) is 0. The van der Waals surface area contributed by atoms with Gasteiger partial charge in [0.2, 0.25) is 5.91 Å². The zero-order valence-electron chi connectivity index (χ0n) is 17.0. The lowest BCUT2D eigenvalue weighted by atomic mass is 9.96. The van der Waals surface area contributed by atoms with Crippen LogP contribution >= 0.6 is 0 Å². The van der Waals surface area contributed by atoms with Crippen LogP contribution in [0.15, 0.2) is 48.5 Å². The predicted octanol–water partition coefficient (Wildman–Crippen LogP) is 4.71. The molecule has 7 heteroatoms. The van der Waals surface area contributed by atoms with Gasteiger partial charge in [0, 0.05) is 31.7 Å². The van der Waals surface area contributed by atoms with Gasteiger partial charge in [0.05, 0.1) is 18.8 Å². The lowest BCUT2D eigenvalue weighted by Crippen LogP contribution is -2.37. The number of ether oxygens (including phenoxy) is 1. The molecule has 1 fully saturated rings. The van der Waals surface area contributed by atoms with E-state index in [1.807, 2.05) is 31.2 Å². The summed E-state index contributed by atoms with van der Waals surface area (Å²) in [5.41, 5.74) is 1.94. The summed E-state index contributed by atoms with van der Waals surface area (Å²) in [6.45, 7) is 6.32. The average Bonchev–Trinajstić information content (AvgIpc) is 2.73. The Kier molecular flexibility index (Phi) is 7.50. The standard InChI is InChI=1S/C23H27F3N2O2/c1-17(19-4-6-20(7-5-19)23(24,25)26)16-22(29)27-21-8-2-18(3-9-21)10-11-28-12-14-30-15-13-28/h2-9,17H,10-16H2,1H3,(H,27,29). The topological polar surface area (TPSA) is 41.6 Å². The van der Waals surface area contributed by atoms with Crippen LogP contribution < -0.4 is 5.32 Å². The fourth-order valence-electron chi connectivity index (χ4n) is 3.48. The minimum Gasteiger partial charge on any atom is -0.379 e. The van der Waals surface area contributed by atoms with Crippen LogP contribution in [0.25, 0.3) is 0 Å². The fraction of sp³-hybridized carbons (Fsp3) is 0.435. The van der Waals surface area contributed by atoms with E-state index in [1.165, 1.54) is 17.7 Å². The summed E-state index contributed by atoms with van der Waals surface area (Å²) < 4.78 is 43.4. The molecule has 1 heterocycles. The number of benzene rings is 2. The predicted molar refractivity (Wildman–Crippen MR) is 111 cm³/mol. The number of alkyl halides is 3. The van der Waals surface area contributed by atoms with Gasteiger partial charge in [0.15, 0.2) is 0 Å². The second-order valence-electron chi connectivity index (χ2n) is 7.67. The molecule has 1 amide bonds. The molecule has 1 aliphatic rings. The number of anilines is 1. The van der Waals surface area contributed by atoms with Gasteiger partial charge in [-0.3, -0.25) is 9.69 Å². The SMILES string of the molecule is CC(CC(=O)Nc1ccc(CCN2CCOCC2)cc1)c1ccc(C(F)(F)F)cc1. The minimum atomic E-state index is -4.35. The van der Waals surface area contributed by atoms with Crippen molar-refractivity contribution in [1.82, 2.24) is 4.90 Å². The summed E-state index contributed by atoms with van der Waals surface area (Å²) in [6.07, 6.45) is -3.21. The van der Waals surface area contributed by atoms with Crippen LogP contribution in [0, 0.1) is 0 Å². The smallest absolute Gasteiger partial charge is 0.379 e. The highest BCUT2D eigenvalue weighted by molar-refractivity contribution is 5.91. The molecule has 4 nitrogen and oxygen atoms in total. The van der Waals surface area contributed by atoms with E-state index < -0.39 is 11.7 Å². The van der Waals surface area contributed by atoms with E-state index in [-0.39, 0.29) is 18.2 Å². The Morgan fingerprint density at radius 1 is 1.07 bits per heavy atom. The number of hydrogen-bond acceptors (Lipinski definition) is 3. The van der Waals surface area contributed by atoms with Crippen molar-refractivity contribution >= 4 is 11.6 Å². The number of rotatable bonds is 7. The number of nitrogens with one attached hydrogen (secondary N) is 1. The quantitative estimate of drug-likeness (QED) is 0.705. The summed E-state index contributed by atoms with van der Waals surface area (Å²) in [5, 5.41) is 2.87. The van der Waals surface area contributed by atoms with Crippen molar-refractivity contribution in [3.8, 4) is 0 Å². The molecule has 2 aromatic rings. The summed E-state index contributed by atoms with van der Waals surface area (Å²) in [6, 6.07) is 12.8. The first-order valence-electron chi connectivity index (χ1n) is 10.2. The van der Waals surface area contributed by atoms with Crippen LogP contribution in [0.2, 0.25) is 0 Å². The van der Waals surface area contributed by atoms with Gasteiger partial charge in [-0.25, -0.2) is 0 Å². The molecule has 1 unspecified atom stereocenters. The van der Waals surface area contributed by atoms with Crippen molar-refractivity contribution in [1.29, 1.82) is 0 Å². The molecule has 0 radical (unpaired) electrons. The van der Waals surface area contributed by atoms with Gasteiger partial charge in [-0.2, -0.15) is 13.2 Å². The van der Waals surface area contributed by atoms with Crippen molar-refractivity contribution in [3.05, 3.63) is 65.2 Å². The maximum absolute atomic E-state index is 12.7. The third-order valence-electron chi connectivity index (χ3n) is 5.36. The van der Waals surface area contributed by atoms with E-state index in [0.29, 0.717) is 5.56 Å². The highest BCUT2D eigenvalue weighted by atomic mass is 19.4. The molecule has 1 atom stereocenters. The van der Waals surface area contributed by atoms with Gasteiger partial charge in [0.25, 0.3) is 0 Å². The van der Waals surface area contributed by atoms with E-state index in [2.05, 4.69) is 10.2 Å². The van der Waals surface area contributed by atoms with Gasteiger partial charge >= 0.3 is 6.18 Å². The molecule has 0 aromatic heterocycles. The summed E-state index contributed by atoms with van der Waals surface area (Å²) >= 11 is 0. The number of hydrogen-bond donors (Lipinski definition) is 1. The fourth-order valence-corrected chi connectivity index (χ4v) is 3.48. The van der Waals surface area contributed by atoms with E-state index in [1.54, 1.807) is 0 Å². The Balaban J connectivity index is 1.47. The number of morpholine rings is 1. The zero-order valence-corrected chi connectivity index (χ0v) is 17.0. The van der Waals surface area contributed by atoms with Gasteiger partial charge in [0.1, 0.15) is 0 Å². The molecule has 1 aliphatic heterocycles. The number of carbonyl (C=O) groups excluding carboxylic acids is 1. The van der Waals surface area contributed by atoms with Crippen molar-refractivity contribution in [3.63, 3.8) is 0 Å². The Morgan fingerprint density at radius 2 is 1.70 bits per heavy atom. The van der Waals surface area contributed by atoms with Crippen molar-refractivity contribution in [2.45, 2.75) is 31.9 Å². The number of amides is 1. The largest absolute Gasteiger partial charge is 0.416 e. The second-order valence-corrected chi connectivity index (χ2v) is 7.67. The third kappa shape index (κ3) is 6.57. The Bertz CT molecular complexity index is 814. The molecular formula is C23H27F3N2O2. The number of carbonyl (C=O) groups is 1. The van der Waals surface area contributed by atoms with Gasteiger partial charge in [-0.15, -0.1) is 0 Å². The first-order valence-corrected chi connectivity index (χ1v) is 10.2. The van der Waals surface area contributed by atoms with Crippen LogP contribution in [0.5, 0.6) is 0 Å². The highest BCUT2D eigenvalue weighted by Gasteiger charge is 2.30. The van der Waals surface area contributed by atoms with E-state index in [9.17, 15) is 18.0 Å². The second kappa shape index (κ2) is 10.1. The van der Waals surface area contributed by atoms with Crippen LogP contribution in [0.1, 0.15) is 36.0 Å². The van der Waals surface area contributed by atoms with Gasteiger partial charge in [-0.05, 0) is 47.7 Å².